The summed E-state index contributed by atoms with van der Waals surface area (Å²) < 4.78 is 12.1. The summed E-state index contributed by atoms with van der Waals surface area (Å²) in [7, 11) is 0. The molecule has 1 aromatic heterocycles. The number of esters is 1. The number of aromatic nitrogens is 2. The van der Waals surface area contributed by atoms with E-state index in [0.717, 1.165) is 51.6 Å². The highest BCUT2D eigenvalue weighted by molar-refractivity contribution is 6.40. The first-order valence-electron chi connectivity index (χ1n) is 15.0. The molecule has 43 heavy (non-hydrogen) atoms. The molecule has 230 valence electrons. The maximum atomic E-state index is 13.1. The number of amides is 2. The number of hydrogen-bond donors (Lipinski definition) is 3. The van der Waals surface area contributed by atoms with Crippen molar-refractivity contribution in [2.75, 3.05) is 25.0 Å². The molecule has 3 aliphatic heterocycles. The Labute approximate surface area is 260 Å². The minimum atomic E-state index is -0.536. The zero-order valence-electron chi connectivity index (χ0n) is 24.3. The fraction of sp³-hybridized carbons (Fsp3) is 0.548. The lowest BCUT2D eigenvalue weighted by molar-refractivity contribution is -0.145. The molecule has 3 fully saturated rings. The second-order valence-electron chi connectivity index (χ2n) is 12.4. The number of rotatable bonds is 6. The molecule has 0 spiro atoms. The van der Waals surface area contributed by atoms with Crippen molar-refractivity contribution in [1.29, 1.82) is 0 Å². The Kier molecular flexibility index (Phi) is 8.56. The molecule has 2 aromatic rings. The summed E-state index contributed by atoms with van der Waals surface area (Å²) in [5.74, 6) is -1.15. The highest BCUT2D eigenvalue weighted by Crippen LogP contribution is 2.50. The van der Waals surface area contributed by atoms with Crippen molar-refractivity contribution in [2.24, 2.45) is 11.8 Å². The van der Waals surface area contributed by atoms with Gasteiger partial charge in [-0.05, 0) is 64.5 Å². The number of carbonyl (C=O) groups excluding carboxylic acids is 3. The minimum Gasteiger partial charge on any atom is -0.459 e. The normalized spacial score (nSPS) is 30.8. The van der Waals surface area contributed by atoms with Crippen LogP contribution in [0.4, 0.5) is 5.69 Å². The monoisotopic (exact) mass is 629 g/mol. The molecule has 4 heterocycles. The van der Waals surface area contributed by atoms with Crippen LogP contribution in [0.25, 0.3) is 0 Å². The van der Waals surface area contributed by atoms with Gasteiger partial charge < -0.3 is 25.0 Å². The molecular formula is C31H37Cl2N5O5. The number of H-pyrrole nitrogens is 1. The Morgan fingerprint density at radius 3 is 2.67 bits per heavy atom. The quantitative estimate of drug-likeness (QED) is 0.233. The molecule has 3 N–H and O–H groups in total. The molecule has 1 unspecified atom stereocenters. The van der Waals surface area contributed by atoms with Crippen molar-refractivity contribution in [3.63, 3.8) is 0 Å². The van der Waals surface area contributed by atoms with Crippen LogP contribution in [0.1, 0.15) is 73.2 Å². The summed E-state index contributed by atoms with van der Waals surface area (Å²) in [6.07, 6.45) is 8.93. The topological polar surface area (TPSA) is 129 Å². The van der Waals surface area contributed by atoms with Crippen LogP contribution in [0.2, 0.25) is 10.0 Å². The van der Waals surface area contributed by atoms with Gasteiger partial charge in [0.15, 0.2) is 5.69 Å². The zero-order chi connectivity index (χ0) is 30.3. The van der Waals surface area contributed by atoms with Gasteiger partial charge in [-0.15, -0.1) is 0 Å². The molecular weight excluding hydrogens is 593 g/mol. The van der Waals surface area contributed by atoms with E-state index in [-0.39, 0.29) is 68.6 Å². The van der Waals surface area contributed by atoms with Crippen LogP contribution in [0.5, 0.6) is 0 Å². The predicted octanol–water partition coefficient (Wildman–Crippen LogP) is 5.00. The standard InChI is InChI=1S/C31H37Cl2N5O5/c1-17-6-3-4-11-31(2)27(43-31)26-19(14-17)20(30(41)42-26)16-38-12-9-18(10-13-38)35-29(40)25-23(15-34-37-25)36-28(39)24-21(32)7-5-8-22(24)33/h5-8,15,18-20,26-27H,3-4,9-14,16H2,1-2H3,(H,34,37)(H,35,40)(H,36,39)/b17-6+/t19-,20?,26-,27+,31+/m0/s1. The average molecular weight is 631 g/mol. The van der Waals surface area contributed by atoms with Gasteiger partial charge in [0, 0.05) is 37.8 Å². The number of allylic oxidation sites excluding steroid dienone is 2. The lowest BCUT2D eigenvalue weighted by Gasteiger charge is -2.34. The second kappa shape index (κ2) is 12.2. The molecule has 4 aliphatic rings. The smallest absolute Gasteiger partial charge is 0.311 e. The Bertz CT molecular complexity index is 1420. The number of ether oxygens (including phenoxy) is 2. The first kappa shape index (κ1) is 30.1. The van der Waals surface area contributed by atoms with Crippen molar-refractivity contribution in [3.05, 3.63) is 57.3 Å². The molecule has 1 aromatic carbocycles. The number of nitrogens with one attached hydrogen (secondary N) is 3. The number of fused-ring (bicyclic) bond motifs is 3. The van der Waals surface area contributed by atoms with Crippen molar-refractivity contribution < 1.29 is 23.9 Å². The third kappa shape index (κ3) is 6.34. The predicted molar refractivity (Wildman–Crippen MR) is 162 cm³/mol. The van der Waals surface area contributed by atoms with Crippen molar-refractivity contribution in [2.45, 2.75) is 76.2 Å². The van der Waals surface area contributed by atoms with Crippen LogP contribution in [0.3, 0.4) is 0 Å². The molecule has 5 atom stereocenters. The lowest BCUT2D eigenvalue weighted by Crippen LogP contribution is -2.47. The highest BCUT2D eigenvalue weighted by atomic mass is 35.5. The number of epoxide rings is 1. The second-order valence-corrected chi connectivity index (χ2v) is 13.2. The maximum Gasteiger partial charge on any atom is 0.311 e. The van der Waals surface area contributed by atoms with Crippen LogP contribution in [0, 0.1) is 11.8 Å². The number of anilines is 1. The van der Waals surface area contributed by atoms with E-state index in [1.54, 1.807) is 18.2 Å². The van der Waals surface area contributed by atoms with E-state index >= 15 is 0 Å². The third-order valence-corrected chi connectivity index (χ3v) is 9.96. The summed E-state index contributed by atoms with van der Waals surface area (Å²) in [6, 6.07) is 4.72. The first-order chi connectivity index (χ1) is 20.6. The van der Waals surface area contributed by atoms with Crippen LogP contribution < -0.4 is 10.6 Å². The SMILES string of the molecule is C/C1=C\CCC[C@@]2(C)O[C@@H]2[C@H]2OC(=O)C(CN3CCC(NC(=O)c4n[nH]cc4NC(=O)c4c(Cl)cccc4Cl)CC3)[C@@H]2C1. The molecule has 6 rings (SSSR count). The number of hydrogen-bond acceptors (Lipinski definition) is 7. The van der Waals surface area contributed by atoms with Gasteiger partial charge in [-0.3, -0.25) is 19.5 Å². The third-order valence-electron chi connectivity index (χ3n) is 9.33. The molecule has 0 radical (unpaired) electrons. The summed E-state index contributed by atoms with van der Waals surface area (Å²) in [5, 5.41) is 12.8. The molecule has 0 saturated carbocycles. The van der Waals surface area contributed by atoms with Crippen LogP contribution in [-0.2, 0) is 14.3 Å². The van der Waals surface area contributed by atoms with E-state index in [4.69, 9.17) is 32.7 Å². The number of nitrogens with zero attached hydrogens (tertiary/aromatic N) is 2. The van der Waals surface area contributed by atoms with E-state index in [9.17, 15) is 14.4 Å². The van der Waals surface area contributed by atoms with E-state index in [1.807, 2.05) is 0 Å². The summed E-state index contributed by atoms with van der Waals surface area (Å²) >= 11 is 12.3. The maximum absolute atomic E-state index is 13.1. The Morgan fingerprint density at radius 1 is 1.19 bits per heavy atom. The minimum absolute atomic E-state index is 0.0170. The van der Waals surface area contributed by atoms with Gasteiger partial charge in [0.25, 0.3) is 11.8 Å². The number of halogens is 2. The van der Waals surface area contributed by atoms with E-state index in [2.05, 4.69) is 45.7 Å². The summed E-state index contributed by atoms with van der Waals surface area (Å²) in [4.78, 5) is 41.4. The van der Waals surface area contributed by atoms with E-state index in [1.165, 1.54) is 11.8 Å². The average Bonchev–Trinajstić information content (AvgIpc) is 3.26. The molecule has 3 saturated heterocycles. The largest absolute Gasteiger partial charge is 0.459 e. The molecule has 0 bridgehead atoms. The van der Waals surface area contributed by atoms with Crippen molar-refractivity contribution in [3.8, 4) is 0 Å². The molecule has 2 amide bonds. The number of piperidine rings is 1. The lowest BCUT2D eigenvalue weighted by atomic mass is 9.80. The van der Waals surface area contributed by atoms with Gasteiger partial charge in [0.05, 0.1) is 32.8 Å². The fourth-order valence-corrected chi connectivity index (χ4v) is 7.41. The van der Waals surface area contributed by atoms with E-state index in [0.29, 0.717) is 6.54 Å². The van der Waals surface area contributed by atoms with Gasteiger partial charge in [0.2, 0.25) is 0 Å². The van der Waals surface area contributed by atoms with Gasteiger partial charge in [-0.2, -0.15) is 5.10 Å². The molecule has 12 heteroatoms. The number of benzene rings is 1. The fourth-order valence-electron chi connectivity index (χ4n) is 6.85. The van der Waals surface area contributed by atoms with Gasteiger partial charge >= 0.3 is 5.97 Å². The zero-order valence-corrected chi connectivity index (χ0v) is 25.8. The van der Waals surface area contributed by atoms with Gasteiger partial charge in [-0.25, -0.2) is 0 Å². The Balaban J connectivity index is 1.04. The van der Waals surface area contributed by atoms with Gasteiger partial charge in [-0.1, -0.05) is 40.9 Å². The number of carbonyl (C=O) groups is 3. The van der Waals surface area contributed by atoms with Crippen LogP contribution in [-0.4, -0.2) is 76.4 Å². The highest BCUT2D eigenvalue weighted by Gasteiger charge is 2.62. The van der Waals surface area contributed by atoms with Crippen molar-refractivity contribution in [1.82, 2.24) is 20.4 Å². The van der Waals surface area contributed by atoms with Crippen LogP contribution in [0.15, 0.2) is 36.0 Å². The molecule has 10 nitrogen and oxygen atoms in total. The Morgan fingerprint density at radius 2 is 1.93 bits per heavy atom. The van der Waals surface area contributed by atoms with E-state index < -0.39 is 11.8 Å². The van der Waals surface area contributed by atoms with Gasteiger partial charge in [0.1, 0.15) is 12.2 Å². The van der Waals surface area contributed by atoms with Crippen LogP contribution >= 0.6 is 23.2 Å². The summed E-state index contributed by atoms with van der Waals surface area (Å²) in [5.41, 5.74) is 1.56. The summed E-state index contributed by atoms with van der Waals surface area (Å²) in [6.45, 7) is 6.42. The van der Waals surface area contributed by atoms with Crippen molar-refractivity contribution >= 4 is 46.7 Å². The molecule has 1 aliphatic carbocycles. The Hall–Kier alpha value is -2.92. The number of likely N-dealkylation sites (tertiary alicyclic amines) is 1. The number of aromatic amines is 1. The first-order valence-corrected chi connectivity index (χ1v) is 15.7.